The SMILES string of the molecule is Cc1cc(C(Cc2cc(F)ccc2C)NN)cc(C)n1. The second-order valence-corrected chi connectivity index (χ2v) is 5.18. The quantitative estimate of drug-likeness (QED) is 0.665. The van der Waals surface area contributed by atoms with Gasteiger partial charge in [-0.2, -0.15) is 0 Å². The Morgan fingerprint density at radius 2 is 1.80 bits per heavy atom. The standard InChI is InChI=1S/C16H20FN3/c1-10-4-5-15(17)8-13(10)9-16(20-18)14-6-11(2)19-12(3)7-14/h4-8,16,20H,9,18H2,1-3H3. The molecule has 3 nitrogen and oxygen atoms in total. The maximum absolute atomic E-state index is 13.4. The third-order valence-electron chi connectivity index (χ3n) is 3.44. The van der Waals surface area contributed by atoms with Gasteiger partial charge >= 0.3 is 0 Å². The first-order valence-corrected chi connectivity index (χ1v) is 6.66. The van der Waals surface area contributed by atoms with Gasteiger partial charge in [0.15, 0.2) is 0 Å². The lowest BCUT2D eigenvalue weighted by molar-refractivity contribution is 0.546. The number of hydrogen-bond donors (Lipinski definition) is 2. The molecule has 0 saturated carbocycles. The molecule has 0 spiro atoms. The van der Waals surface area contributed by atoms with E-state index < -0.39 is 0 Å². The molecule has 4 heteroatoms. The molecule has 2 rings (SSSR count). The van der Waals surface area contributed by atoms with Crippen LogP contribution >= 0.6 is 0 Å². The molecule has 1 aromatic heterocycles. The van der Waals surface area contributed by atoms with E-state index in [2.05, 4.69) is 10.4 Å². The van der Waals surface area contributed by atoms with Crippen LogP contribution in [0.1, 0.15) is 34.1 Å². The van der Waals surface area contributed by atoms with Crippen LogP contribution in [-0.4, -0.2) is 4.98 Å². The number of nitrogens with two attached hydrogens (primary N) is 1. The molecule has 0 aliphatic carbocycles. The number of nitrogens with one attached hydrogen (secondary N) is 1. The largest absolute Gasteiger partial charge is 0.271 e. The molecule has 0 amide bonds. The van der Waals surface area contributed by atoms with E-state index in [1.165, 1.54) is 6.07 Å². The average molecular weight is 273 g/mol. The fourth-order valence-electron chi connectivity index (χ4n) is 2.42. The molecule has 106 valence electrons. The maximum Gasteiger partial charge on any atom is 0.123 e. The zero-order valence-electron chi connectivity index (χ0n) is 12.1. The summed E-state index contributed by atoms with van der Waals surface area (Å²) in [7, 11) is 0. The van der Waals surface area contributed by atoms with Crippen LogP contribution in [0, 0.1) is 26.6 Å². The highest BCUT2D eigenvalue weighted by Crippen LogP contribution is 2.21. The highest BCUT2D eigenvalue weighted by Gasteiger charge is 2.13. The van der Waals surface area contributed by atoms with Gasteiger partial charge in [0, 0.05) is 11.4 Å². The van der Waals surface area contributed by atoms with Crippen LogP contribution < -0.4 is 11.3 Å². The molecule has 2 aromatic rings. The van der Waals surface area contributed by atoms with Crippen LogP contribution in [0.2, 0.25) is 0 Å². The van der Waals surface area contributed by atoms with Crippen LogP contribution in [0.25, 0.3) is 0 Å². The Balaban J connectivity index is 2.30. The number of hydrogen-bond acceptors (Lipinski definition) is 3. The van der Waals surface area contributed by atoms with Gasteiger partial charge in [-0.1, -0.05) is 6.07 Å². The molecule has 0 aliphatic heterocycles. The minimum Gasteiger partial charge on any atom is -0.271 e. The van der Waals surface area contributed by atoms with Crippen molar-refractivity contribution in [2.45, 2.75) is 33.2 Å². The lowest BCUT2D eigenvalue weighted by atomic mass is 9.96. The summed E-state index contributed by atoms with van der Waals surface area (Å²) in [6.07, 6.45) is 0.642. The second-order valence-electron chi connectivity index (χ2n) is 5.18. The van der Waals surface area contributed by atoms with Gasteiger partial charge in [0.1, 0.15) is 5.82 Å². The van der Waals surface area contributed by atoms with E-state index in [4.69, 9.17) is 5.84 Å². The number of nitrogens with zero attached hydrogens (tertiary/aromatic N) is 1. The van der Waals surface area contributed by atoms with Gasteiger partial charge in [-0.25, -0.2) is 4.39 Å². The van der Waals surface area contributed by atoms with Crippen molar-refractivity contribution >= 4 is 0 Å². The second kappa shape index (κ2) is 6.11. The molecule has 1 atom stereocenters. The van der Waals surface area contributed by atoms with E-state index in [0.717, 1.165) is 28.1 Å². The molecule has 1 heterocycles. The normalized spacial score (nSPS) is 12.4. The number of rotatable bonds is 4. The van der Waals surface area contributed by atoms with E-state index in [9.17, 15) is 4.39 Å². The summed E-state index contributed by atoms with van der Waals surface area (Å²) < 4.78 is 13.4. The summed E-state index contributed by atoms with van der Waals surface area (Å²) >= 11 is 0. The monoisotopic (exact) mass is 273 g/mol. The fourth-order valence-corrected chi connectivity index (χ4v) is 2.42. The van der Waals surface area contributed by atoms with Crippen LogP contribution in [0.5, 0.6) is 0 Å². The van der Waals surface area contributed by atoms with E-state index in [1.807, 2.05) is 32.9 Å². The van der Waals surface area contributed by atoms with Crippen LogP contribution in [0.3, 0.4) is 0 Å². The van der Waals surface area contributed by atoms with Crippen molar-refractivity contribution in [3.8, 4) is 0 Å². The summed E-state index contributed by atoms with van der Waals surface area (Å²) in [6.45, 7) is 5.89. The Hall–Kier alpha value is -1.78. The summed E-state index contributed by atoms with van der Waals surface area (Å²) in [6, 6.07) is 8.79. The van der Waals surface area contributed by atoms with Crippen molar-refractivity contribution in [3.63, 3.8) is 0 Å². The van der Waals surface area contributed by atoms with Gasteiger partial charge in [-0.05, 0) is 68.1 Å². The third-order valence-corrected chi connectivity index (χ3v) is 3.44. The predicted octanol–water partition coefficient (Wildman–Crippen LogP) is 2.89. The molecule has 0 bridgehead atoms. The van der Waals surface area contributed by atoms with Gasteiger partial charge < -0.3 is 0 Å². The smallest absolute Gasteiger partial charge is 0.123 e. The van der Waals surface area contributed by atoms with Gasteiger partial charge in [0.2, 0.25) is 0 Å². The minimum absolute atomic E-state index is 0.0594. The first-order chi connectivity index (χ1) is 9.49. The van der Waals surface area contributed by atoms with Crippen LogP contribution in [-0.2, 0) is 6.42 Å². The highest BCUT2D eigenvalue weighted by atomic mass is 19.1. The van der Waals surface area contributed by atoms with E-state index >= 15 is 0 Å². The summed E-state index contributed by atoms with van der Waals surface area (Å²) in [5.74, 6) is 5.46. The summed E-state index contributed by atoms with van der Waals surface area (Å²) in [5, 5.41) is 0. The minimum atomic E-state index is -0.219. The Morgan fingerprint density at radius 1 is 1.15 bits per heavy atom. The molecule has 0 saturated heterocycles. The molecule has 0 aliphatic rings. The van der Waals surface area contributed by atoms with Crippen LogP contribution in [0.15, 0.2) is 30.3 Å². The summed E-state index contributed by atoms with van der Waals surface area (Å²) in [5.41, 5.74) is 7.82. The molecule has 20 heavy (non-hydrogen) atoms. The Labute approximate surface area is 119 Å². The number of aryl methyl sites for hydroxylation is 3. The highest BCUT2D eigenvalue weighted by molar-refractivity contribution is 5.31. The van der Waals surface area contributed by atoms with Crippen molar-refractivity contribution in [1.82, 2.24) is 10.4 Å². The van der Waals surface area contributed by atoms with Crippen molar-refractivity contribution in [3.05, 3.63) is 64.2 Å². The van der Waals surface area contributed by atoms with Gasteiger partial charge in [-0.15, -0.1) is 0 Å². The Kier molecular flexibility index (Phi) is 4.47. The van der Waals surface area contributed by atoms with Gasteiger partial charge in [0.25, 0.3) is 0 Å². The third kappa shape index (κ3) is 3.40. The topological polar surface area (TPSA) is 50.9 Å². The van der Waals surface area contributed by atoms with Crippen molar-refractivity contribution in [2.75, 3.05) is 0 Å². The predicted molar refractivity (Wildman–Crippen MR) is 78.6 cm³/mol. The van der Waals surface area contributed by atoms with Gasteiger partial charge in [0.05, 0.1) is 6.04 Å². The molecule has 1 unspecified atom stereocenters. The number of aromatic nitrogens is 1. The average Bonchev–Trinajstić information content (AvgIpc) is 2.38. The molecule has 0 fully saturated rings. The molecular weight excluding hydrogens is 253 g/mol. The molecule has 3 N–H and O–H groups in total. The van der Waals surface area contributed by atoms with Crippen molar-refractivity contribution < 1.29 is 4.39 Å². The maximum atomic E-state index is 13.4. The number of hydrazine groups is 1. The fraction of sp³-hybridized carbons (Fsp3) is 0.312. The van der Waals surface area contributed by atoms with E-state index in [1.54, 1.807) is 12.1 Å². The Bertz CT molecular complexity index is 590. The zero-order valence-corrected chi connectivity index (χ0v) is 12.1. The lowest BCUT2D eigenvalue weighted by Gasteiger charge is -2.18. The molecule has 0 radical (unpaired) electrons. The Morgan fingerprint density at radius 3 is 2.40 bits per heavy atom. The first-order valence-electron chi connectivity index (χ1n) is 6.66. The van der Waals surface area contributed by atoms with Crippen LogP contribution in [0.4, 0.5) is 4.39 Å². The molecular formula is C16H20FN3. The first kappa shape index (κ1) is 14.6. The number of halogens is 1. The van der Waals surface area contributed by atoms with E-state index in [0.29, 0.717) is 6.42 Å². The molecule has 1 aromatic carbocycles. The van der Waals surface area contributed by atoms with Crippen molar-refractivity contribution in [1.29, 1.82) is 0 Å². The van der Waals surface area contributed by atoms with Crippen molar-refractivity contribution in [2.24, 2.45) is 5.84 Å². The lowest BCUT2D eigenvalue weighted by Crippen LogP contribution is -2.30. The number of benzene rings is 1. The summed E-state index contributed by atoms with van der Waals surface area (Å²) in [4.78, 5) is 4.36. The van der Waals surface area contributed by atoms with Gasteiger partial charge in [-0.3, -0.25) is 16.3 Å². The number of pyridine rings is 1. The zero-order chi connectivity index (χ0) is 14.7. The van der Waals surface area contributed by atoms with E-state index in [-0.39, 0.29) is 11.9 Å².